The second kappa shape index (κ2) is 6.88. The van der Waals surface area contributed by atoms with E-state index in [0.29, 0.717) is 5.69 Å². The average molecular weight is 379 g/mol. The molecule has 0 fully saturated rings. The quantitative estimate of drug-likeness (QED) is 0.542. The van der Waals surface area contributed by atoms with Gasteiger partial charge < -0.3 is 5.32 Å². The Kier molecular flexibility index (Phi) is 4.83. The van der Waals surface area contributed by atoms with Crippen LogP contribution in [0.4, 0.5) is 5.69 Å². The first-order valence-corrected chi connectivity index (χ1v) is 10.6. The molecule has 1 aromatic carbocycles. The molecule has 0 bridgehead atoms. The molecule has 3 aromatic rings. The van der Waals surface area contributed by atoms with Crippen molar-refractivity contribution in [3.05, 3.63) is 42.0 Å². The number of aromatic nitrogens is 2. The van der Waals surface area contributed by atoms with E-state index >= 15 is 0 Å². The minimum Gasteiger partial charge on any atom is -0.325 e. The third kappa shape index (κ3) is 3.92. The fourth-order valence-electron chi connectivity index (χ4n) is 1.99. The minimum atomic E-state index is -3.24. The minimum absolute atomic E-state index is 0.185. The molecule has 1 amide bonds. The molecule has 124 valence electrons. The molecule has 0 unspecified atom stereocenters. The molecule has 0 atom stereocenters. The van der Waals surface area contributed by atoms with E-state index < -0.39 is 9.84 Å². The van der Waals surface area contributed by atoms with Gasteiger partial charge in [0, 0.05) is 11.9 Å². The number of nitrogens with zero attached hydrogens (tertiary/aromatic N) is 2. The normalized spacial score (nSPS) is 11.5. The van der Waals surface area contributed by atoms with E-state index in [1.165, 1.54) is 41.6 Å². The SMILES string of the molecule is CS(=O)(=O)c1ccc(NC(=O)CSc2ncnc3ccsc23)cc1. The van der Waals surface area contributed by atoms with E-state index in [0.717, 1.165) is 21.5 Å². The van der Waals surface area contributed by atoms with Gasteiger partial charge in [-0.15, -0.1) is 11.3 Å². The zero-order chi connectivity index (χ0) is 17.2. The van der Waals surface area contributed by atoms with Gasteiger partial charge in [0.1, 0.15) is 11.4 Å². The maximum absolute atomic E-state index is 12.1. The van der Waals surface area contributed by atoms with Crippen molar-refractivity contribution < 1.29 is 13.2 Å². The van der Waals surface area contributed by atoms with Crippen LogP contribution in [0.1, 0.15) is 0 Å². The molecule has 2 heterocycles. The third-order valence-corrected chi connectivity index (χ3v) is 6.27. The van der Waals surface area contributed by atoms with Crippen LogP contribution in [0.3, 0.4) is 0 Å². The number of amides is 1. The molecule has 0 aliphatic carbocycles. The van der Waals surface area contributed by atoms with Crippen molar-refractivity contribution in [2.24, 2.45) is 0 Å². The summed E-state index contributed by atoms with van der Waals surface area (Å²) in [7, 11) is -3.24. The smallest absolute Gasteiger partial charge is 0.234 e. The number of nitrogens with one attached hydrogen (secondary N) is 1. The van der Waals surface area contributed by atoms with Gasteiger partial charge in [-0.3, -0.25) is 4.79 Å². The van der Waals surface area contributed by atoms with Gasteiger partial charge in [-0.2, -0.15) is 0 Å². The lowest BCUT2D eigenvalue weighted by molar-refractivity contribution is -0.113. The zero-order valence-electron chi connectivity index (χ0n) is 12.6. The predicted molar refractivity (Wildman–Crippen MR) is 96.3 cm³/mol. The molecular weight excluding hydrogens is 366 g/mol. The second-order valence-corrected chi connectivity index (χ2v) is 8.84. The number of rotatable bonds is 5. The molecule has 0 radical (unpaired) electrons. The lowest BCUT2D eigenvalue weighted by Gasteiger charge is -2.06. The number of fused-ring (bicyclic) bond motifs is 1. The van der Waals surface area contributed by atoms with Gasteiger partial charge in [0.15, 0.2) is 9.84 Å². The van der Waals surface area contributed by atoms with Gasteiger partial charge in [-0.25, -0.2) is 18.4 Å². The van der Waals surface area contributed by atoms with Crippen LogP contribution in [-0.4, -0.2) is 36.3 Å². The van der Waals surface area contributed by atoms with Crippen LogP contribution in [0.2, 0.25) is 0 Å². The monoisotopic (exact) mass is 379 g/mol. The number of carbonyl (C=O) groups excluding carboxylic acids is 1. The van der Waals surface area contributed by atoms with E-state index in [2.05, 4.69) is 15.3 Å². The van der Waals surface area contributed by atoms with E-state index in [1.54, 1.807) is 12.1 Å². The summed E-state index contributed by atoms with van der Waals surface area (Å²) in [4.78, 5) is 20.6. The molecule has 24 heavy (non-hydrogen) atoms. The maximum Gasteiger partial charge on any atom is 0.234 e. The molecule has 2 aromatic heterocycles. The van der Waals surface area contributed by atoms with Crippen LogP contribution in [0, 0.1) is 0 Å². The average Bonchev–Trinajstić information content (AvgIpc) is 3.01. The number of anilines is 1. The summed E-state index contributed by atoms with van der Waals surface area (Å²) in [6, 6.07) is 7.99. The summed E-state index contributed by atoms with van der Waals surface area (Å²) >= 11 is 2.88. The Morgan fingerprint density at radius 1 is 1.21 bits per heavy atom. The fraction of sp³-hybridized carbons (Fsp3) is 0.133. The highest BCUT2D eigenvalue weighted by molar-refractivity contribution is 8.00. The summed E-state index contributed by atoms with van der Waals surface area (Å²) in [5.74, 6) is 0.0214. The third-order valence-electron chi connectivity index (χ3n) is 3.12. The second-order valence-electron chi connectivity index (χ2n) is 4.95. The van der Waals surface area contributed by atoms with Gasteiger partial charge in [-0.1, -0.05) is 11.8 Å². The number of sulfone groups is 1. The van der Waals surface area contributed by atoms with Crippen molar-refractivity contribution in [1.82, 2.24) is 9.97 Å². The van der Waals surface area contributed by atoms with Crippen molar-refractivity contribution in [2.75, 3.05) is 17.3 Å². The number of benzene rings is 1. The molecular formula is C15H13N3O3S3. The van der Waals surface area contributed by atoms with E-state index in [1.807, 2.05) is 11.4 Å². The number of thiophene rings is 1. The fourth-order valence-corrected chi connectivity index (χ4v) is 4.36. The Labute approximate surface area is 147 Å². The van der Waals surface area contributed by atoms with Gasteiger partial charge in [0.2, 0.25) is 5.91 Å². The van der Waals surface area contributed by atoms with Crippen LogP contribution in [0.15, 0.2) is 52.0 Å². The number of carbonyl (C=O) groups is 1. The van der Waals surface area contributed by atoms with Crippen molar-refractivity contribution in [3.63, 3.8) is 0 Å². The van der Waals surface area contributed by atoms with Crippen LogP contribution in [0.25, 0.3) is 10.2 Å². The Morgan fingerprint density at radius 3 is 2.67 bits per heavy atom. The highest BCUT2D eigenvalue weighted by Gasteiger charge is 2.10. The first kappa shape index (κ1) is 16.9. The van der Waals surface area contributed by atoms with Crippen molar-refractivity contribution in [2.45, 2.75) is 9.92 Å². The van der Waals surface area contributed by atoms with Crippen LogP contribution < -0.4 is 5.32 Å². The van der Waals surface area contributed by atoms with Crippen LogP contribution in [-0.2, 0) is 14.6 Å². The predicted octanol–water partition coefficient (Wildman–Crippen LogP) is 2.83. The van der Waals surface area contributed by atoms with E-state index in [9.17, 15) is 13.2 Å². The number of thioether (sulfide) groups is 1. The molecule has 0 spiro atoms. The van der Waals surface area contributed by atoms with Crippen LogP contribution in [0.5, 0.6) is 0 Å². The summed E-state index contributed by atoms with van der Waals surface area (Å²) in [5.41, 5.74) is 1.42. The first-order valence-electron chi connectivity index (χ1n) is 6.84. The maximum atomic E-state index is 12.1. The summed E-state index contributed by atoms with van der Waals surface area (Å²) < 4.78 is 23.8. The Bertz CT molecular complexity index is 982. The van der Waals surface area contributed by atoms with Gasteiger partial charge >= 0.3 is 0 Å². The summed E-state index contributed by atoms with van der Waals surface area (Å²) in [5, 5.41) is 5.45. The lowest BCUT2D eigenvalue weighted by atomic mass is 10.3. The van der Waals surface area contributed by atoms with Crippen LogP contribution >= 0.6 is 23.1 Å². The van der Waals surface area contributed by atoms with Crippen molar-refractivity contribution >= 4 is 54.7 Å². The molecule has 6 nitrogen and oxygen atoms in total. The highest BCUT2D eigenvalue weighted by atomic mass is 32.2. The topological polar surface area (TPSA) is 89.0 Å². The summed E-state index contributed by atoms with van der Waals surface area (Å²) in [6.45, 7) is 0. The number of hydrogen-bond donors (Lipinski definition) is 1. The molecule has 0 aliphatic rings. The Hall–Kier alpha value is -1.97. The highest BCUT2D eigenvalue weighted by Crippen LogP contribution is 2.28. The standard InChI is InChI=1S/C15H13N3O3S3/c1-24(20,21)11-4-2-10(3-5-11)18-13(19)8-23-15-14-12(6-7-22-14)16-9-17-15/h2-7,9H,8H2,1H3,(H,18,19). The first-order chi connectivity index (χ1) is 11.4. The molecule has 0 saturated heterocycles. The van der Waals surface area contributed by atoms with Gasteiger partial charge in [0.25, 0.3) is 0 Å². The molecule has 1 N–H and O–H groups in total. The zero-order valence-corrected chi connectivity index (χ0v) is 15.0. The van der Waals surface area contributed by atoms with Crippen molar-refractivity contribution in [1.29, 1.82) is 0 Å². The van der Waals surface area contributed by atoms with Crippen molar-refractivity contribution in [3.8, 4) is 0 Å². The Balaban J connectivity index is 1.63. The summed E-state index contributed by atoms with van der Waals surface area (Å²) in [6.07, 6.45) is 2.63. The lowest BCUT2D eigenvalue weighted by Crippen LogP contribution is -2.14. The van der Waals surface area contributed by atoms with E-state index in [-0.39, 0.29) is 16.6 Å². The van der Waals surface area contributed by atoms with Gasteiger partial charge in [0.05, 0.1) is 20.9 Å². The molecule has 9 heteroatoms. The van der Waals surface area contributed by atoms with Gasteiger partial charge in [-0.05, 0) is 35.7 Å². The number of hydrogen-bond acceptors (Lipinski definition) is 7. The Morgan fingerprint density at radius 2 is 1.96 bits per heavy atom. The van der Waals surface area contributed by atoms with E-state index in [4.69, 9.17) is 0 Å². The molecule has 0 aliphatic heterocycles. The largest absolute Gasteiger partial charge is 0.325 e. The molecule has 3 rings (SSSR count). The molecule has 0 saturated carbocycles.